The van der Waals surface area contributed by atoms with Crippen LogP contribution in [0.2, 0.25) is 0 Å². The smallest absolute Gasteiger partial charge is 0.160 e. The zero-order chi connectivity index (χ0) is 20.4. The first-order valence-corrected chi connectivity index (χ1v) is 10.8. The van der Waals surface area contributed by atoms with Crippen LogP contribution in [-0.4, -0.2) is 25.7 Å². The quantitative estimate of drug-likeness (QED) is 0.518. The van der Waals surface area contributed by atoms with Gasteiger partial charge in [-0.2, -0.15) is 0 Å². The molecule has 1 atom stereocenters. The highest BCUT2D eigenvalue weighted by Crippen LogP contribution is 2.36. The summed E-state index contributed by atoms with van der Waals surface area (Å²) in [6.45, 7) is 5.56. The number of benzene rings is 2. The Labute approximate surface area is 185 Å². The van der Waals surface area contributed by atoms with E-state index >= 15 is 0 Å². The predicted octanol–water partition coefficient (Wildman–Crippen LogP) is 5.55. The Bertz CT molecular complexity index is 1010. The number of nitrogens with one attached hydrogen (secondary N) is 2. The minimum absolute atomic E-state index is 0. The molecular weight excluding hydrogens is 396 g/mol. The number of H-pyrrole nitrogens is 1. The molecule has 2 heterocycles. The maximum absolute atomic E-state index is 5.50. The molecular formula is C25H33ClN2O2. The summed E-state index contributed by atoms with van der Waals surface area (Å²) >= 11 is 0. The minimum Gasteiger partial charge on any atom is -0.493 e. The van der Waals surface area contributed by atoms with Crippen molar-refractivity contribution in [1.82, 2.24) is 10.3 Å². The molecule has 0 saturated heterocycles. The molecule has 0 amide bonds. The summed E-state index contributed by atoms with van der Waals surface area (Å²) in [4.78, 5) is 3.77. The predicted molar refractivity (Wildman–Crippen MR) is 127 cm³/mol. The molecule has 1 aliphatic rings. The van der Waals surface area contributed by atoms with Crippen LogP contribution in [0.25, 0.3) is 10.9 Å². The second-order valence-electron chi connectivity index (χ2n) is 7.90. The number of methoxy groups -OCH3 is 2. The molecule has 0 fully saturated rings. The summed E-state index contributed by atoms with van der Waals surface area (Å²) in [5.74, 6) is 1.56. The van der Waals surface area contributed by atoms with E-state index in [0.29, 0.717) is 0 Å². The van der Waals surface area contributed by atoms with Gasteiger partial charge in [0.1, 0.15) is 0 Å². The van der Waals surface area contributed by atoms with Crippen LogP contribution in [0.3, 0.4) is 0 Å². The monoisotopic (exact) mass is 428 g/mol. The van der Waals surface area contributed by atoms with Gasteiger partial charge in [0.25, 0.3) is 0 Å². The lowest BCUT2D eigenvalue weighted by Gasteiger charge is -2.25. The van der Waals surface area contributed by atoms with Gasteiger partial charge in [-0.3, -0.25) is 0 Å². The molecule has 4 rings (SSSR count). The number of aryl methyl sites for hydroxylation is 2. The lowest BCUT2D eigenvalue weighted by molar-refractivity contribution is 0.354. The summed E-state index contributed by atoms with van der Waals surface area (Å²) in [5, 5.41) is 5.21. The lowest BCUT2D eigenvalue weighted by atomic mass is 9.90. The molecule has 0 radical (unpaired) electrons. The third-order valence-corrected chi connectivity index (χ3v) is 6.19. The van der Waals surface area contributed by atoms with Gasteiger partial charge in [0.05, 0.1) is 20.3 Å². The number of rotatable bonds is 7. The third-order valence-electron chi connectivity index (χ3n) is 6.19. The van der Waals surface area contributed by atoms with Crippen molar-refractivity contribution in [3.8, 4) is 11.5 Å². The number of halogens is 1. The Morgan fingerprint density at radius 1 is 1.03 bits per heavy atom. The van der Waals surface area contributed by atoms with Crippen molar-refractivity contribution in [3.63, 3.8) is 0 Å². The maximum atomic E-state index is 5.50. The second-order valence-corrected chi connectivity index (χ2v) is 7.90. The third kappa shape index (κ3) is 4.03. The van der Waals surface area contributed by atoms with E-state index < -0.39 is 0 Å². The van der Waals surface area contributed by atoms with Crippen LogP contribution >= 0.6 is 12.4 Å². The highest BCUT2D eigenvalue weighted by molar-refractivity contribution is 5.89. The van der Waals surface area contributed by atoms with E-state index in [-0.39, 0.29) is 18.4 Å². The van der Waals surface area contributed by atoms with E-state index in [0.717, 1.165) is 43.7 Å². The van der Waals surface area contributed by atoms with Gasteiger partial charge in [0.2, 0.25) is 0 Å². The zero-order valence-corrected chi connectivity index (χ0v) is 19.2. The summed E-state index contributed by atoms with van der Waals surface area (Å²) in [7, 11) is 3.37. The van der Waals surface area contributed by atoms with Gasteiger partial charge < -0.3 is 19.8 Å². The number of aromatic amines is 1. The van der Waals surface area contributed by atoms with Crippen LogP contribution < -0.4 is 14.8 Å². The molecule has 1 aliphatic heterocycles. The van der Waals surface area contributed by atoms with Crippen LogP contribution in [0.1, 0.15) is 54.3 Å². The standard InChI is InChI=1S/C25H32N2O2.ClH/c1-5-7-18-17(6-2)9-10-20-24(18)19-12-13-26-21(25(19)27-20)14-16-8-11-22(28-3)23(15-16)29-4;/h8-11,15,21,26-27H,5-7,12-14H2,1-4H3;1H. The molecule has 1 aromatic heterocycles. The van der Waals surface area contributed by atoms with Gasteiger partial charge >= 0.3 is 0 Å². The molecule has 0 bridgehead atoms. The van der Waals surface area contributed by atoms with Crippen molar-refractivity contribution >= 4 is 23.3 Å². The molecule has 0 aliphatic carbocycles. The first kappa shape index (κ1) is 22.5. The summed E-state index contributed by atoms with van der Waals surface area (Å²) < 4.78 is 10.9. The molecule has 2 aromatic carbocycles. The molecule has 1 unspecified atom stereocenters. The zero-order valence-electron chi connectivity index (χ0n) is 18.4. The van der Waals surface area contributed by atoms with Crippen LogP contribution in [0.5, 0.6) is 11.5 Å². The normalized spacial score (nSPS) is 15.5. The molecule has 5 heteroatoms. The number of aromatic nitrogens is 1. The summed E-state index contributed by atoms with van der Waals surface area (Å²) in [6.07, 6.45) is 5.43. The van der Waals surface area contributed by atoms with E-state index in [1.54, 1.807) is 19.8 Å². The van der Waals surface area contributed by atoms with Gasteiger partial charge in [-0.1, -0.05) is 32.4 Å². The van der Waals surface area contributed by atoms with E-state index in [1.165, 1.54) is 39.7 Å². The van der Waals surface area contributed by atoms with Crippen LogP contribution in [0, 0.1) is 0 Å². The van der Waals surface area contributed by atoms with Crippen LogP contribution in [-0.2, 0) is 25.7 Å². The molecule has 0 spiro atoms. The minimum atomic E-state index is 0. The van der Waals surface area contributed by atoms with Gasteiger partial charge in [-0.05, 0) is 72.7 Å². The topological polar surface area (TPSA) is 46.3 Å². The Kier molecular flexibility index (Phi) is 7.32. The average molecular weight is 429 g/mol. The number of hydrogen-bond acceptors (Lipinski definition) is 3. The van der Waals surface area contributed by atoms with Crippen molar-refractivity contribution < 1.29 is 9.47 Å². The lowest BCUT2D eigenvalue weighted by Crippen LogP contribution is -2.31. The Morgan fingerprint density at radius 2 is 1.83 bits per heavy atom. The SMILES string of the molecule is CCCc1c(CC)ccc2[nH]c3c(c12)CCNC3Cc1ccc(OC)c(OC)c1.Cl. The molecule has 0 saturated carbocycles. The molecule has 30 heavy (non-hydrogen) atoms. The molecule has 3 aromatic rings. The van der Waals surface area contributed by atoms with Crippen LogP contribution in [0.4, 0.5) is 0 Å². The van der Waals surface area contributed by atoms with Crippen molar-refractivity contribution in [2.24, 2.45) is 0 Å². The number of fused-ring (bicyclic) bond motifs is 3. The fourth-order valence-corrected chi connectivity index (χ4v) is 4.81. The Morgan fingerprint density at radius 3 is 2.53 bits per heavy atom. The molecule has 4 nitrogen and oxygen atoms in total. The second kappa shape index (κ2) is 9.76. The maximum Gasteiger partial charge on any atom is 0.160 e. The van der Waals surface area contributed by atoms with Crippen molar-refractivity contribution in [2.45, 2.75) is 52.0 Å². The first-order valence-electron chi connectivity index (χ1n) is 10.8. The van der Waals surface area contributed by atoms with Crippen molar-refractivity contribution in [1.29, 1.82) is 0 Å². The molecule has 162 valence electrons. The van der Waals surface area contributed by atoms with Gasteiger partial charge in [0.15, 0.2) is 11.5 Å². The summed E-state index contributed by atoms with van der Waals surface area (Å²) in [5.41, 5.74) is 8.45. The number of ether oxygens (including phenoxy) is 2. The van der Waals surface area contributed by atoms with Crippen molar-refractivity contribution in [3.05, 3.63) is 58.3 Å². The average Bonchev–Trinajstić information content (AvgIpc) is 3.14. The van der Waals surface area contributed by atoms with Gasteiger partial charge in [-0.25, -0.2) is 0 Å². The van der Waals surface area contributed by atoms with E-state index in [1.807, 2.05) is 6.07 Å². The van der Waals surface area contributed by atoms with E-state index in [2.05, 4.69) is 48.4 Å². The summed E-state index contributed by atoms with van der Waals surface area (Å²) in [6, 6.07) is 11.1. The van der Waals surface area contributed by atoms with E-state index in [4.69, 9.17) is 9.47 Å². The van der Waals surface area contributed by atoms with Crippen molar-refractivity contribution in [2.75, 3.05) is 20.8 Å². The van der Waals surface area contributed by atoms with Gasteiger partial charge in [0, 0.05) is 16.6 Å². The fraction of sp³-hybridized carbons (Fsp3) is 0.440. The number of hydrogen-bond donors (Lipinski definition) is 2. The fourth-order valence-electron chi connectivity index (χ4n) is 4.81. The highest BCUT2D eigenvalue weighted by atomic mass is 35.5. The molecule has 2 N–H and O–H groups in total. The van der Waals surface area contributed by atoms with E-state index in [9.17, 15) is 0 Å². The Hall–Kier alpha value is -2.17. The van der Waals surface area contributed by atoms with Gasteiger partial charge in [-0.15, -0.1) is 12.4 Å². The Balaban J connectivity index is 0.00000256. The van der Waals surface area contributed by atoms with Crippen LogP contribution in [0.15, 0.2) is 30.3 Å². The highest BCUT2D eigenvalue weighted by Gasteiger charge is 2.26. The first-order chi connectivity index (χ1) is 14.2. The largest absolute Gasteiger partial charge is 0.493 e.